The predicted molar refractivity (Wildman–Crippen MR) is 58.0 cm³/mol. The van der Waals surface area contributed by atoms with E-state index in [9.17, 15) is 0 Å². The average Bonchev–Trinajstić information content (AvgIpc) is 2.75. The van der Waals surface area contributed by atoms with Crippen molar-refractivity contribution in [2.75, 3.05) is 13.1 Å². The van der Waals surface area contributed by atoms with E-state index < -0.39 is 0 Å². The molecule has 5 N–H and O–H groups in total. The minimum Gasteiger partial charge on any atom is -0.356 e. The van der Waals surface area contributed by atoms with E-state index in [1.54, 1.807) is 0 Å². The Morgan fingerprint density at radius 2 is 2.53 bits per heavy atom. The minimum atomic E-state index is 0.620. The largest absolute Gasteiger partial charge is 0.356 e. The van der Waals surface area contributed by atoms with Gasteiger partial charge in [-0.25, -0.2) is 10.8 Å². The smallest absolute Gasteiger partial charge is 0.205 e. The summed E-state index contributed by atoms with van der Waals surface area (Å²) in [5, 5.41) is 9.57. The summed E-state index contributed by atoms with van der Waals surface area (Å²) in [6, 6.07) is 0. The first kappa shape index (κ1) is 11.4. The molecule has 1 aromatic rings. The maximum atomic E-state index is 5.26. The third-order valence-corrected chi connectivity index (χ3v) is 1.79. The van der Waals surface area contributed by atoms with E-state index in [0.29, 0.717) is 12.5 Å². The van der Waals surface area contributed by atoms with Crippen LogP contribution in [0, 0.1) is 0 Å². The van der Waals surface area contributed by atoms with Gasteiger partial charge in [0.2, 0.25) is 5.96 Å². The van der Waals surface area contributed by atoms with Crippen molar-refractivity contribution < 1.29 is 0 Å². The maximum absolute atomic E-state index is 5.26. The van der Waals surface area contributed by atoms with Gasteiger partial charge in [-0.15, -0.1) is 0 Å². The summed E-state index contributed by atoms with van der Waals surface area (Å²) >= 11 is 0. The number of rotatable bonds is 5. The number of nitrogens with zero attached hydrogens (tertiary/aromatic N) is 3. The molecule has 1 heterocycles. The van der Waals surface area contributed by atoms with Crippen molar-refractivity contribution in [1.29, 1.82) is 0 Å². The Hall–Kier alpha value is -1.63. The number of aromatic amines is 1. The Balaban J connectivity index is 2.19. The number of hydrogen-bond acceptors (Lipinski definition) is 4. The molecule has 7 nitrogen and oxygen atoms in total. The third-order valence-electron chi connectivity index (χ3n) is 1.79. The maximum Gasteiger partial charge on any atom is 0.205 e. The Kier molecular flexibility index (Phi) is 5.16. The molecule has 1 aromatic heterocycles. The summed E-state index contributed by atoms with van der Waals surface area (Å²) in [6.45, 7) is 3.49. The molecule has 0 aromatic carbocycles. The van der Waals surface area contributed by atoms with Gasteiger partial charge >= 0.3 is 0 Å². The lowest BCUT2D eigenvalue weighted by Gasteiger charge is -2.05. The lowest BCUT2D eigenvalue weighted by molar-refractivity contribution is 0.769. The van der Waals surface area contributed by atoms with Gasteiger partial charge in [0.05, 0.1) is 0 Å². The SMILES string of the molecule is CCNC(=NCCCc1ncn[nH]1)NN. The Morgan fingerprint density at radius 1 is 1.67 bits per heavy atom. The normalized spacial score (nSPS) is 11.5. The van der Waals surface area contributed by atoms with Crippen LogP contribution < -0.4 is 16.6 Å². The van der Waals surface area contributed by atoms with Gasteiger partial charge < -0.3 is 5.32 Å². The number of H-pyrrole nitrogens is 1. The second-order valence-electron chi connectivity index (χ2n) is 2.94. The van der Waals surface area contributed by atoms with E-state index in [4.69, 9.17) is 5.84 Å². The van der Waals surface area contributed by atoms with Crippen LogP contribution >= 0.6 is 0 Å². The molecule has 0 atom stereocenters. The van der Waals surface area contributed by atoms with Crippen LogP contribution in [0.25, 0.3) is 0 Å². The number of guanidine groups is 1. The molecule has 0 aliphatic carbocycles. The first-order valence-electron chi connectivity index (χ1n) is 4.96. The molecule has 0 aliphatic rings. The number of hydrazine groups is 1. The van der Waals surface area contributed by atoms with E-state index in [1.807, 2.05) is 6.92 Å². The van der Waals surface area contributed by atoms with E-state index in [0.717, 1.165) is 25.2 Å². The number of aromatic nitrogens is 3. The molecule has 84 valence electrons. The van der Waals surface area contributed by atoms with Crippen LogP contribution in [0.2, 0.25) is 0 Å². The van der Waals surface area contributed by atoms with Crippen LogP contribution in [0.5, 0.6) is 0 Å². The topological polar surface area (TPSA) is 104 Å². The van der Waals surface area contributed by atoms with Crippen molar-refractivity contribution in [2.45, 2.75) is 19.8 Å². The third kappa shape index (κ3) is 4.41. The van der Waals surface area contributed by atoms with Crippen LogP contribution in [0.3, 0.4) is 0 Å². The number of nitrogens with one attached hydrogen (secondary N) is 3. The summed E-state index contributed by atoms with van der Waals surface area (Å²) in [5.74, 6) is 6.77. The van der Waals surface area contributed by atoms with Crippen LogP contribution in [0.15, 0.2) is 11.3 Å². The van der Waals surface area contributed by atoms with E-state index in [-0.39, 0.29) is 0 Å². The molecule has 0 fully saturated rings. The van der Waals surface area contributed by atoms with Gasteiger partial charge in [0.25, 0.3) is 0 Å². The standard InChI is InChI=1S/C8H17N7/c1-2-10-8(14-9)11-5-3-4-7-12-6-13-15-7/h6H,2-5,9H2,1H3,(H2,10,11,14)(H,12,13,15). The summed E-state index contributed by atoms with van der Waals surface area (Å²) in [7, 11) is 0. The molecule has 15 heavy (non-hydrogen) atoms. The number of aliphatic imine (C=N–C) groups is 1. The highest BCUT2D eigenvalue weighted by molar-refractivity contribution is 5.78. The highest BCUT2D eigenvalue weighted by Crippen LogP contribution is 1.93. The van der Waals surface area contributed by atoms with Gasteiger partial charge in [-0.2, -0.15) is 5.10 Å². The highest BCUT2D eigenvalue weighted by Gasteiger charge is 1.95. The Labute approximate surface area is 88.5 Å². The van der Waals surface area contributed by atoms with Crippen molar-refractivity contribution >= 4 is 5.96 Å². The van der Waals surface area contributed by atoms with Crippen molar-refractivity contribution in [1.82, 2.24) is 25.9 Å². The zero-order valence-electron chi connectivity index (χ0n) is 8.82. The Bertz CT molecular complexity index is 279. The number of aryl methyl sites for hydroxylation is 1. The molecular formula is C8H17N7. The lowest BCUT2D eigenvalue weighted by Crippen LogP contribution is -2.41. The minimum absolute atomic E-state index is 0.620. The number of hydrogen-bond donors (Lipinski definition) is 4. The molecule has 0 saturated heterocycles. The molecule has 0 unspecified atom stereocenters. The molecule has 0 bridgehead atoms. The van der Waals surface area contributed by atoms with Crippen molar-refractivity contribution in [3.8, 4) is 0 Å². The van der Waals surface area contributed by atoms with Crippen molar-refractivity contribution in [3.05, 3.63) is 12.2 Å². The quantitative estimate of drug-likeness (QED) is 0.167. The summed E-state index contributed by atoms with van der Waals surface area (Å²) in [6.07, 6.45) is 3.25. The Morgan fingerprint density at radius 3 is 3.13 bits per heavy atom. The van der Waals surface area contributed by atoms with Crippen LogP contribution in [0.1, 0.15) is 19.2 Å². The fraction of sp³-hybridized carbons (Fsp3) is 0.625. The van der Waals surface area contributed by atoms with E-state index in [1.165, 1.54) is 6.33 Å². The summed E-state index contributed by atoms with van der Waals surface area (Å²) < 4.78 is 0. The fourth-order valence-electron chi connectivity index (χ4n) is 1.11. The predicted octanol–water partition coefficient (Wildman–Crippen LogP) is -0.834. The fourth-order valence-corrected chi connectivity index (χ4v) is 1.11. The molecular weight excluding hydrogens is 194 g/mol. The summed E-state index contributed by atoms with van der Waals surface area (Å²) in [5.41, 5.74) is 2.50. The molecule has 7 heteroatoms. The molecule has 0 radical (unpaired) electrons. The highest BCUT2D eigenvalue weighted by atomic mass is 15.3. The first-order valence-corrected chi connectivity index (χ1v) is 4.96. The van der Waals surface area contributed by atoms with Crippen LogP contribution in [0.4, 0.5) is 0 Å². The first-order chi connectivity index (χ1) is 7.36. The zero-order valence-corrected chi connectivity index (χ0v) is 8.82. The zero-order chi connectivity index (χ0) is 10.9. The lowest BCUT2D eigenvalue weighted by atomic mass is 10.3. The summed E-state index contributed by atoms with van der Waals surface area (Å²) in [4.78, 5) is 8.26. The van der Waals surface area contributed by atoms with Crippen molar-refractivity contribution in [2.24, 2.45) is 10.8 Å². The van der Waals surface area contributed by atoms with Crippen LogP contribution in [-0.2, 0) is 6.42 Å². The van der Waals surface area contributed by atoms with Gasteiger partial charge in [0.15, 0.2) is 0 Å². The van der Waals surface area contributed by atoms with Gasteiger partial charge in [-0.3, -0.25) is 15.5 Å². The average molecular weight is 211 g/mol. The van der Waals surface area contributed by atoms with E-state index >= 15 is 0 Å². The second kappa shape index (κ2) is 6.77. The van der Waals surface area contributed by atoms with Gasteiger partial charge in [-0.05, 0) is 13.3 Å². The molecule has 0 amide bonds. The van der Waals surface area contributed by atoms with Gasteiger partial charge in [0, 0.05) is 19.5 Å². The second-order valence-corrected chi connectivity index (χ2v) is 2.94. The van der Waals surface area contributed by atoms with Gasteiger partial charge in [0.1, 0.15) is 12.2 Å². The van der Waals surface area contributed by atoms with Crippen molar-refractivity contribution in [3.63, 3.8) is 0 Å². The molecule has 0 aliphatic heterocycles. The molecule has 1 rings (SSSR count). The molecule has 0 spiro atoms. The van der Waals surface area contributed by atoms with Gasteiger partial charge in [-0.1, -0.05) is 0 Å². The number of nitrogens with two attached hydrogens (primary N) is 1. The monoisotopic (exact) mass is 211 g/mol. The van der Waals surface area contributed by atoms with E-state index in [2.05, 4.69) is 30.9 Å². The molecule has 0 saturated carbocycles. The van der Waals surface area contributed by atoms with Crippen LogP contribution in [-0.4, -0.2) is 34.2 Å².